The number of likely N-dealkylation sites (N-methyl/N-ethyl adjacent to an activating group) is 1. The number of carbonyl (C=O) groups excluding carboxylic acids is 2. The first-order valence-electron chi connectivity index (χ1n) is 10.6. The summed E-state index contributed by atoms with van der Waals surface area (Å²) in [5.74, 6) is -0.248. The number of nitrogens with one attached hydrogen (secondary N) is 2. The summed E-state index contributed by atoms with van der Waals surface area (Å²) >= 11 is 1.33. The monoisotopic (exact) mass is 454 g/mol. The van der Waals surface area contributed by atoms with E-state index in [1.165, 1.54) is 16.2 Å². The first-order chi connectivity index (χ1) is 15.0. The molecule has 1 aromatic carbocycles. The van der Waals surface area contributed by atoms with Gasteiger partial charge in [-0.2, -0.15) is 0 Å². The maximum Gasteiger partial charge on any atom is 0.268 e. The maximum absolute atomic E-state index is 13.1. The van der Waals surface area contributed by atoms with Gasteiger partial charge in [0.1, 0.15) is 16.6 Å². The van der Waals surface area contributed by atoms with Gasteiger partial charge in [-0.05, 0) is 40.5 Å². The number of carbonyl (C=O) groups is 2. The molecule has 0 aliphatic rings. The minimum atomic E-state index is -0.702. The molecule has 8 heteroatoms. The number of aromatic amines is 1. The van der Waals surface area contributed by atoms with E-state index in [9.17, 15) is 14.4 Å². The molecule has 170 valence electrons. The molecule has 2 aromatic heterocycles. The number of rotatable bonds is 6. The summed E-state index contributed by atoms with van der Waals surface area (Å²) in [5, 5.41) is 4.68. The molecule has 1 atom stereocenters. The van der Waals surface area contributed by atoms with Crippen LogP contribution < -0.4 is 10.9 Å². The average molecular weight is 455 g/mol. The van der Waals surface area contributed by atoms with Crippen molar-refractivity contribution in [2.24, 2.45) is 5.92 Å². The van der Waals surface area contributed by atoms with E-state index in [4.69, 9.17) is 0 Å². The molecule has 0 aliphatic heterocycles. The fourth-order valence-corrected chi connectivity index (χ4v) is 4.12. The van der Waals surface area contributed by atoms with E-state index in [0.29, 0.717) is 21.6 Å². The molecule has 0 bridgehead atoms. The number of thiophene rings is 1. The summed E-state index contributed by atoms with van der Waals surface area (Å²) in [6.45, 7) is 10.3. The van der Waals surface area contributed by atoms with Crippen molar-refractivity contribution in [2.75, 3.05) is 7.05 Å². The molecule has 0 saturated heterocycles. The Hall–Kier alpha value is -3.00. The lowest BCUT2D eigenvalue weighted by Crippen LogP contribution is -2.50. The van der Waals surface area contributed by atoms with Gasteiger partial charge in [-0.3, -0.25) is 14.4 Å². The SMILES string of the molecule is CC(C)C(NC(=O)c1ccc(C(C)(C)C)cc1)C(=O)N(C)Cc1nc2ccsc2c(=O)[nH]1. The first-order valence-corrected chi connectivity index (χ1v) is 11.5. The number of benzene rings is 1. The molecule has 7 nitrogen and oxygen atoms in total. The Balaban J connectivity index is 1.73. The summed E-state index contributed by atoms with van der Waals surface area (Å²) in [6, 6.07) is 8.53. The Bertz CT molecular complexity index is 1170. The Kier molecular flexibility index (Phi) is 6.83. The smallest absolute Gasteiger partial charge is 0.268 e. The van der Waals surface area contributed by atoms with Gasteiger partial charge >= 0.3 is 0 Å². The Morgan fingerprint density at radius 3 is 2.41 bits per heavy atom. The minimum Gasteiger partial charge on any atom is -0.340 e. The van der Waals surface area contributed by atoms with Gasteiger partial charge in [-0.25, -0.2) is 4.98 Å². The molecule has 0 spiro atoms. The maximum atomic E-state index is 13.1. The van der Waals surface area contributed by atoms with Gasteiger partial charge in [0, 0.05) is 12.6 Å². The predicted octanol–water partition coefficient (Wildman–Crippen LogP) is 3.70. The van der Waals surface area contributed by atoms with Gasteiger partial charge in [-0.1, -0.05) is 46.8 Å². The molecular formula is C24H30N4O3S. The molecular weight excluding hydrogens is 424 g/mol. The van der Waals surface area contributed by atoms with Crippen LogP contribution in [-0.2, 0) is 16.8 Å². The third kappa shape index (κ3) is 5.24. The van der Waals surface area contributed by atoms with Gasteiger partial charge in [0.05, 0.1) is 12.1 Å². The Morgan fingerprint density at radius 2 is 1.81 bits per heavy atom. The van der Waals surface area contributed by atoms with E-state index in [1.54, 1.807) is 25.2 Å². The first kappa shape index (κ1) is 23.7. The molecule has 1 unspecified atom stereocenters. The fraction of sp³-hybridized carbons (Fsp3) is 0.417. The van der Waals surface area contributed by atoms with E-state index < -0.39 is 6.04 Å². The highest BCUT2D eigenvalue weighted by Crippen LogP contribution is 2.22. The molecule has 2 heterocycles. The van der Waals surface area contributed by atoms with E-state index >= 15 is 0 Å². The highest BCUT2D eigenvalue weighted by atomic mass is 32.1. The highest BCUT2D eigenvalue weighted by molar-refractivity contribution is 7.17. The zero-order chi connectivity index (χ0) is 23.6. The van der Waals surface area contributed by atoms with Gasteiger partial charge in [0.2, 0.25) is 5.91 Å². The lowest BCUT2D eigenvalue weighted by atomic mass is 9.86. The van der Waals surface area contributed by atoms with Crippen LogP contribution in [0.25, 0.3) is 10.2 Å². The van der Waals surface area contributed by atoms with Crippen LogP contribution >= 0.6 is 11.3 Å². The predicted molar refractivity (Wildman–Crippen MR) is 128 cm³/mol. The van der Waals surface area contributed by atoms with Gasteiger partial charge in [0.15, 0.2) is 0 Å². The second-order valence-corrected chi connectivity index (χ2v) is 10.3. The van der Waals surface area contributed by atoms with Crippen LogP contribution in [0.15, 0.2) is 40.5 Å². The van der Waals surface area contributed by atoms with E-state index in [1.807, 2.05) is 31.4 Å². The number of H-pyrrole nitrogens is 1. The van der Waals surface area contributed by atoms with Crippen LogP contribution in [0, 0.1) is 5.92 Å². The summed E-state index contributed by atoms with van der Waals surface area (Å²) < 4.78 is 0.563. The third-order valence-corrected chi connectivity index (χ3v) is 6.26. The summed E-state index contributed by atoms with van der Waals surface area (Å²) in [5.41, 5.74) is 2.03. The fourth-order valence-electron chi connectivity index (χ4n) is 3.40. The lowest BCUT2D eigenvalue weighted by Gasteiger charge is -2.27. The van der Waals surface area contributed by atoms with Crippen LogP contribution in [0.4, 0.5) is 0 Å². The van der Waals surface area contributed by atoms with Crippen LogP contribution in [0.1, 0.15) is 56.4 Å². The Morgan fingerprint density at radius 1 is 1.16 bits per heavy atom. The molecule has 3 rings (SSSR count). The lowest BCUT2D eigenvalue weighted by molar-refractivity contribution is -0.133. The molecule has 0 fully saturated rings. The summed E-state index contributed by atoms with van der Waals surface area (Å²) in [4.78, 5) is 46.8. The number of hydrogen-bond acceptors (Lipinski definition) is 5. The van der Waals surface area contributed by atoms with Crippen molar-refractivity contribution in [2.45, 2.75) is 52.6 Å². The van der Waals surface area contributed by atoms with Gasteiger partial charge in [0.25, 0.3) is 11.5 Å². The summed E-state index contributed by atoms with van der Waals surface area (Å²) in [6.07, 6.45) is 0. The molecule has 2 N–H and O–H groups in total. The molecule has 0 saturated carbocycles. The Labute approximate surface area is 191 Å². The zero-order valence-electron chi connectivity index (χ0n) is 19.4. The van der Waals surface area contributed by atoms with Crippen LogP contribution in [0.2, 0.25) is 0 Å². The number of hydrogen-bond donors (Lipinski definition) is 2. The van der Waals surface area contributed by atoms with Crippen molar-refractivity contribution >= 4 is 33.4 Å². The molecule has 0 aliphatic carbocycles. The molecule has 3 aromatic rings. The second-order valence-electron chi connectivity index (χ2n) is 9.36. The topological polar surface area (TPSA) is 95.2 Å². The molecule has 32 heavy (non-hydrogen) atoms. The molecule has 0 radical (unpaired) electrons. The summed E-state index contributed by atoms with van der Waals surface area (Å²) in [7, 11) is 1.64. The number of aromatic nitrogens is 2. The number of nitrogens with zero attached hydrogens (tertiary/aromatic N) is 2. The van der Waals surface area contributed by atoms with Crippen molar-refractivity contribution in [3.8, 4) is 0 Å². The van der Waals surface area contributed by atoms with Gasteiger partial charge in [-0.15, -0.1) is 11.3 Å². The van der Waals surface area contributed by atoms with Crippen LogP contribution in [0.5, 0.6) is 0 Å². The largest absolute Gasteiger partial charge is 0.340 e. The zero-order valence-corrected chi connectivity index (χ0v) is 20.2. The highest BCUT2D eigenvalue weighted by Gasteiger charge is 2.28. The number of fused-ring (bicyclic) bond motifs is 1. The van der Waals surface area contributed by atoms with Crippen LogP contribution in [-0.4, -0.2) is 39.8 Å². The second kappa shape index (κ2) is 9.24. The standard InChI is InChI=1S/C24H30N4O3S/c1-14(2)19(27-21(29)15-7-9-16(10-8-15)24(3,4)5)23(31)28(6)13-18-25-17-11-12-32-20(17)22(30)26-18/h7-12,14,19H,13H2,1-6H3,(H,27,29)(H,25,26,30). The van der Waals surface area contributed by atoms with E-state index in [2.05, 4.69) is 36.1 Å². The van der Waals surface area contributed by atoms with Crippen molar-refractivity contribution < 1.29 is 9.59 Å². The van der Waals surface area contributed by atoms with Crippen molar-refractivity contribution in [3.05, 3.63) is 63.0 Å². The van der Waals surface area contributed by atoms with Crippen molar-refractivity contribution in [3.63, 3.8) is 0 Å². The minimum absolute atomic E-state index is 0.00477. The quantitative estimate of drug-likeness (QED) is 0.594. The van der Waals surface area contributed by atoms with E-state index in [0.717, 1.165) is 5.56 Å². The number of amides is 2. The van der Waals surface area contributed by atoms with Crippen LogP contribution in [0.3, 0.4) is 0 Å². The van der Waals surface area contributed by atoms with Gasteiger partial charge < -0.3 is 15.2 Å². The molecule has 2 amide bonds. The van der Waals surface area contributed by atoms with Crippen molar-refractivity contribution in [1.29, 1.82) is 0 Å². The van der Waals surface area contributed by atoms with E-state index in [-0.39, 0.29) is 35.3 Å². The normalized spacial score (nSPS) is 12.7. The average Bonchev–Trinajstić information content (AvgIpc) is 3.19. The third-order valence-electron chi connectivity index (χ3n) is 5.36. The van der Waals surface area contributed by atoms with Crippen molar-refractivity contribution in [1.82, 2.24) is 20.2 Å².